The summed E-state index contributed by atoms with van der Waals surface area (Å²) in [6.07, 6.45) is -4.14. The van der Waals surface area contributed by atoms with Crippen molar-refractivity contribution in [3.8, 4) is 0 Å². The number of nitrogens with two attached hydrogens (primary N) is 1. The topological polar surface area (TPSA) is 26.0 Å². The molecule has 1 aliphatic carbocycles. The summed E-state index contributed by atoms with van der Waals surface area (Å²) in [4.78, 5) is 0. The van der Waals surface area contributed by atoms with Crippen molar-refractivity contribution in [2.24, 2.45) is 5.73 Å². The fourth-order valence-electron chi connectivity index (χ4n) is 1.95. The molecule has 0 amide bonds. The van der Waals surface area contributed by atoms with E-state index in [2.05, 4.69) is 0 Å². The molecule has 1 fully saturated rings. The van der Waals surface area contributed by atoms with Crippen LogP contribution in [0.15, 0.2) is 0 Å². The summed E-state index contributed by atoms with van der Waals surface area (Å²) < 4.78 is 49.4. The normalized spacial score (nSPS) is 34.5. The first-order valence-corrected chi connectivity index (χ1v) is 4.82. The van der Waals surface area contributed by atoms with Crippen molar-refractivity contribution in [1.29, 1.82) is 0 Å². The maximum Gasteiger partial charge on any atom is 0.389 e. The molecule has 0 bridgehead atoms. The largest absolute Gasteiger partial charge is 0.389 e. The smallest absolute Gasteiger partial charge is 0.328 e. The molecule has 2 atom stereocenters. The van der Waals surface area contributed by atoms with E-state index >= 15 is 0 Å². The van der Waals surface area contributed by atoms with Crippen LogP contribution in [0.1, 0.15) is 38.5 Å². The van der Waals surface area contributed by atoms with E-state index in [4.69, 9.17) is 5.73 Å². The van der Waals surface area contributed by atoms with E-state index in [1.165, 1.54) is 0 Å². The second kappa shape index (κ2) is 4.04. The summed E-state index contributed by atoms with van der Waals surface area (Å²) in [6.45, 7) is 0. The van der Waals surface area contributed by atoms with Crippen LogP contribution in [0.4, 0.5) is 17.6 Å². The summed E-state index contributed by atoms with van der Waals surface area (Å²) in [5.41, 5.74) is 3.84. The Morgan fingerprint density at radius 2 is 2.00 bits per heavy atom. The summed E-state index contributed by atoms with van der Waals surface area (Å²) >= 11 is 0. The number of halogens is 4. The Labute approximate surface area is 80.7 Å². The molecule has 1 saturated carbocycles. The van der Waals surface area contributed by atoms with E-state index in [1.807, 2.05) is 0 Å². The molecule has 2 unspecified atom stereocenters. The Morgan fingerprint density at radius 1 is 1.36 bits per heavy atom. The second-order valence-corrected chi connectivity index (χ2v) is 4.12. The van der Waals surface area contributed by atoms with Crippen molar-refractivity contribution in [2.45, 2.75) is 56.4 Å². The number of alkyl halides is 4. The average molecular weight is 213 g/mol. The lowest BCUT2D eigenvalue weighted by Crippen LogP contribution is -2.38. The Morgan fingerprint density at radius 3 is 2.50 bits per heavy atom. The van der Waals surface area contributed by atoms with Crippen LogP contribution in [-0.2, 0) is 0 Å². The summed E-state index contributed by atoms with van der Waals surface area (Å²) in [7, 11) is 0. The third kappa shape index (κ3) is 3.82. The fraction of sp³-hybridized carbons (Fsp3) is 1.00. The van der Waals surface area contributed by atoms with Crippen molar-refractivity contribution >= 4 is 0 Å². The minimum absolute atomic E-state index is 0.0725. The van der Waals surface area contributed by atoms with Gasteiger partial charge >= 0.3 is 6.18 Å². The minimum Gasteiger partial charge on any atom is -0.328 e. The average Bonchev–Trinajstić information content (AvgIpc) is 1.99. The molecule has 1 nitrogen and oxygen atoms in total. The molecule has 5 heteroatoms. The highest BCUT2D eigenvalue weighted by molar-refractivity contribution is 4.88. The van der Waals surface area contributed by atoms with Crippen LogP contribution in [0.5, 0.6) is 0 Å². The van der Waals surface area contributed by atoms with Crippen LogP contribution in [0.25, 0.3) is 0 Å². The van der Waals surface area contributed by atoms with E-state index in [9.17, 15) is 17.6 Å². The fourth-order valence-corrected chi connectivity index (χ4v) is 1.95. The lowest BCUT2D eigenvalue weighted by atomic mass is 9.81. The maximum absolute atomic E-state index is 13.8. The molecular weight excluding hydrogens is 198 g/mol. The highest BCUT2D eigenvalue weighted by atomic mass is 19.4. The van der Waals surface area contributed by atoms with Crippen LogP contribution in [-0.4, -0.2) is 17.9 Å². The molecule has 0 heterocycles. The Kier molecular flexibility index (Phi) is 3.40. The summed E-state index contributed by atoms with van der Waals surface area (Å²) in [5.74, 6) is 0. The van der Waals surface area contributed by atoms with Crippen molar-refractivity contribution in [2.75, 3.05) is 0 Å². The van der Waals surface area contributed by atoms with Gasteiger partial charge in [0.2, 0.25) is 0 Å². The lowest BCUT2D eigenvalue weighted by Gasteiger charge is -2.33. The van der Waals surface area contributed by atoms with E-state index in [-0.39, 0.29) is 18.9 Å². The first kappa shape index (κ1) is 11.8. The van der Waals surface area contributed by atoms with Gasteiger partial charge in [-0.25, -0.2) is 4.39 Å². The molecule has 0 aromatic carbocycles. The van der Waals surface area contributed by atoms with Crippen LogP contribution in [0.3, 0.4) is 0 Å². The number of rotatable bonds is 2. The predicted octanol–water partition coefficient (Wildman–Crippen LogP) is 2.94. The molecule has 0 aromatic heterocycles. The van der Waals surface area contributed by atoms with Gasteiger partial charge in [0.15, 0.2) is 0 Å². The molecule has 84 valence electrons. The van der Waals surface area contributed by atoms with Crippen molar-refractivity contribution < 1.29 is 17.6 Å². The molecule has 14 heavy (non-hydrogen) atoms. The quantitative estimate of drug-likeness (QED) is 0.701. The summed E-state index contributed by atoms with van der Waals surface area (Å²) in [6, 6.07) is -0.276. The predicted molar refractivity (Wildman–Crippen MR) is 45.6 cm³/mol. The second-order valence-electron chi connectivity index (χ2n) is 4.12. The van der Waals surface area contributed by atoms with Gasteiger partial charge in [-0.05, 0) is 32.1 Å². The first-order valence-electron chi connectivity index (χ1n) is 4.82. The van der Waals surface area contributed by atoms with E-state index in [1.54, 1.807) is 0 Å². The van der Waals surface area contributed by atoms with Crippen molar-refractivity contribution in [1.82, 2.24) is 0 Å². The zero-order chi connectivity index (χ0) is 10.8. The molecule has 0 spiro atoms. The van der Waals surface area contributed by atoms with E-state index in [0.717, 1.165) is 6.42 Å². The standard InChI is InChI=1S/C9H15F4N/c10-8(4-5-9(11,12)13)3-1-2-7(14)6-8/h7H,1-6,14H2. The van der Waals surface area contributed by atoms with Crippen LogP contribution in [0.2, 0.25) is 0 Å². The van der Waals surface area contributed by atoms with Gasteiger partial charge in [-0.1, -0.05) is 0 Å². The molecule has 2 N–H and O–H groups in total. The van der Waals surface area contributed by atoms with Gasteiger partial charge in [-0.2, -0.15) is 13.2 Å². The summed E-state index contributed by atoms with van der Waals surface area (Å²) in [5, 5.41) is 0. The van der Waals surface area contributed by atoms with Crippen LogP contribution in [0, 0.1) is 0 Å². The molecule has 1 aliphatic rings. The molecule has 0 aromatic rings. The van der Waals surface area contributed by atoms with Crippen molar-refractivity contribution in [3.63, 3.8) is 0 Å². The third-order valence-corrected chi connectivity index (χ3v) is 2.68. The van der Waals surface area contributed by atoms with Gasteiger partial charge in [0, 0.05) is 12.5 Å². The van der Waals surface area contributed by atoms with Gasteiger partial charge < -0.3 is 5.73 Å². The number of hydrogen-bond donors (Lipinski definition) is 1. The molecule has 0 aliphatic heterocycles. The third-order valence-electron chi connectivity index (χ3n) is 2.68. The Balaban J connectivity index is 2.41. The Hall–Kier alpha value is -0.320. The maximum atomic E-state index is 13.8. The van der Waals surface area contributed by atoms with Gasteiger partial charge in [-0.15, -0.1) is 0 Å². The van der Waals surface area contributed by atoms with Crippen LogP contribution >= 0.6 is 0 Å². The van der Waals surface area contributed by atoms with E-state index < -0.39 is 24.7 Å². The first-order chi connectivity index (χ1) is 6.31. The molecule has 0 radical (unpaired) electrons. The monoisotopic (exact) mass is 213 g/mol. The zero-order valence-corrected chi connectivity index (χ0v) is 7.91. The van der Waals surface area contributed by atoms with Crippen LogP contribution < -0.4 is 5.73 Å². The lowest BCUT2D eigenvalue weighted by molar-refractivity contribution is -0.143. The molecule has 1 rings (SSSR count). The van der Waals surface area contributed by atoms with E-state index in [0.29, 0.717) is 6.42 Å². The Bertz CT molecular complexity index is 192. The minimum atomic E-state index is -4.26. The number of hydrogen-bond acceptors (Lipinski definition) is 1. The molecule has 0 saturated heterocycles. The van der Waals surface area contributed by atoms with Gasteiger partial charge in [0.05, 0.1) is 0 Å². The van der Waals surface area contributed by atoms with Crippen molar-refractivity contribution in [3.05, 3.63) is 0 Å². The van der Waals surface area contributed by atoms with Gasteiger partial charge in [-0.3, -0.25) is 0 Å². The van der Waals surface area contributed by atoms with Gasteiger partial charge in [0.1, 0.15) is 5.67 Å². The molecular formula is C9H15F4N. The highest BCUT2D eigenvalue weighted by Crippen LogP contribution is 2.37. The van der Waals surface area contributed by atoms with Gasteiger partial charge in [0.25, 0.3) is 0 Å². The zero-order valence-electron chi connectivity index (χ0n) is 7.91. The highest BCUT2D eigenvalue weighted by Gasteiger charge is 2.39. The SMILES string of the molecule is NC1CCCC(F)(CCC(F)(F)F)C1.